The van der Waals surface area contributed by atoms with Gasteiger partial charge < -0.3 is 9.80 Å². The highest BCUT2D eigenvalue weighted by Gasteiger charge is 2.59. The standard InChI is InChI=1S/C24H21FN2O/c1-26-21-14-8-7-13-20(21)24(25,23(26)28)22-19-12-6-5-9-17(19)15-16-27(22)18-10-3-2-4-11-18/h2-14,22H,15-16H2,1H3/t22-,24-/m0/s1. The summed E-state index contributed by atoms with van der Waals surface area (Å²) in [6.07, 6.45) is 0.823. The molecule has 2 aliphatic rings. The summed E-state index contributed by atoms with van der Waals surface area (Å²) in [5.74, 6) is -0.503. The molecule has 0 N–H and O–H groups in total. The minimum atomic E-state index is -2.14. The molecule has 1 amide bonds. The van der Waals surface area contributed by atoms with E-state index in [0.29, 0.717) is 17.8 Å². The molecular formula is C24H21FN2O. The van der Waals surface area contributed by atoms with Crippen molar-refractivity contribution in [3.63, 3.8) is 0 Å². The predicted molar refractivity (Wildman–Crippen MR) is 109 cm³/mol. The number of likely N-dealkylation sites (N-methyl/N-ethyl adjacent to an activating group) is 1. The first-order chi connectivity index (χ1) is 13.6. The SMILES string of the molecule is CN1C(=O)[C@@](F)([C@@H]2c3ccccc3CCN2c2ccccc2)c2ccccc21. The van der Waals surface area contributed by atoms with Gasteiger partial charge in [0.2, 0.25) is 5.67 Å². The van der Waals surface area contributed by atoms with Gasteiger partial charge in [-0.25, -0.2) is 4.39 Å². The normalized spacial score (nSPS) is 23.5. The molecule has 0 radical (unpaired) electrons. The lowest BCUT2D eigenvalue weighted by Gasteiger charge is -2.44. The van der Waals surface area contributed by atoms with E-state index >= 15 is 4.39 Å². The third-order valence-electron chi connectivity index (χ3n) is 6.02. The lowest BCUT2D eigenvalue weighted by molar-refractivity contribution is -0.130. The van der Waals surface area contributed by atoms with Crippen LogP contribution in [0.4, 0.5) is 15.8 Å². The number of carbonyl (C=O) groups is 1. The minimum absolute atomic E-state index is 0.449. The predicted octanol–water partition coefficient (Wildman–Crippen LogP) is 4.63. The third-order valence-corrected chi connectivity index (χ3v) is 6.02. The van der Waals surface area contributed by atoms with E-state index in [0.717, 1.165) is 23.2 Å². The zero-order chi connectivity index (χ0) is 19.3. The van der Waals surface area contributed by atoms with E-state index < -0.39 is 17.6 Å². The molecule has 140 valence electrons. The van der Waals surface area contributed by atoms with Gasteiger partial charge in [-0.1, -0.05) is 60.7 Å². The van der Waals surface area contributed by atoms with E-state index in [-0.39, 0.29) is 0 Å². The van der Waals surface area contributed by atoms with Crippen molar-refractivity contribution in [3.8, 4) is 0 Å². The van der Waals surface area contributed by atoms with Crippen molar-refractivity contribution < 1.29 is 9.18 Å². The molecule has 0 aromatic heterocycles. The number of anilines is 2. The van der Waals surface area contributed by atoms with Gasteiger partial charge in [-0.15, -0.1) is 0 Å². The van der Waals surface area contributed by atoms with E-state index in [1.165, 1.54) is 4.90 Å². The molecule has 0 saturated carbocycles. The van der Waals surface area contributed by atoms with Crippen molar-refractivity contribution in [1.82, 2.24) is 0 Å². The molecule has 2 aliphatic heterocycles. The number of fused-ring (bicyclic) bond motifs is 2. The summed E-state index contributed by atoms with van der Waals surface area (Å²) in [5, 5.41) is 0. The Morgan fingerprint density at radius 1 is 0.929 bits per heavy atom. The number of hydrogen-bond donors (Lipinski definition) is 0. The molecular weight excluding hydrogens is 351 g/mol. The van der Waals surface area contributed by atoms with Crippen LogP contribution in [0.2, 0.25) is 0 Å². The number of halogens is 1. The molecule has 4 heteroatoms. The summed E-state index contributed by atoms with van der Waals surface area (Å²) in [6, 6.07) is 24.2. The van der Waals surface area contributed by atoms with Crippen LogP contribution in [0.3, 0.4) is 0 Å². The van der Waals surface area contributed by atoms with Gasteiger partial charge in [-0.3, -0.25) is 4.79 Å². The Balaban J connectivity index is 1.76. The number of amides is 1. The van der Waals surface area contributed by atoms with Gasteiger partial charge in [0, 0.05) is 24.8 Å². The van der Waals surface area contributed by atoms with Crippen LogP contribution in [0, 0.1) is 0 Å². The Hall–Kier alpha value is -3.14. The minimum Gasteiger partial charge on any atom is -0.360 e. The van der Waals surface area contributed by atoms with Crippen molar-refractivity contribution in [2.75, 3.05) is 23.4 Å². The van der Waals surface area contributed by atoms with Gasteiger partial charge in [-0.2, -0.15) is 0 Å². The fourth-order valence-electron chi connectivity index (χ4n) is 4.70. The summed E-state index contributed by atoms with van der Waals surface area (Å²) < 4.78 is 17.0. The lowest BCUT2D eigenvalue weighted by atomic mass is 9.79. The Labute approximate surface area is 164 Å². The molecule has 0 unspecified atom stereocenters. The second kappa shape index (κ2) is 6.20. The van der Waals surface area contributed by atoms with E-state index in [1.807, 2.05) is 66.7 Å². The Morgan fingerprint density at radius 3 is 2.43 bits per heavy atom. The molecule has 0 saturated heterocycles. The fourth-order valence-corrected chi connectivity index (χ4v) is 4.70. The number of alkyl halides is 1. The first-order valence-corrected chi connectivity index (χ1v) is 9.58. The highest BCUT2D eigenvalue weighted by atomic mass is 19.1. The summed E-state index contributed by atoms with van der Waals surface area (Å²) in [4.78, 5) is 16.8. The summed E-state index contributed by atoms with van der Waals surface area (Å²) in [5.41, 5.74) is 1.88. The van der Waals surface area contributed by atoms with Crippen LogP contribution in [0.25, 0.3) is 0 Å². The highest BCUT2D eigenvalue weighted by molar-refractivity contribution is 6.07. The van der Waals surface area contributed by atoms with Crippen molar-refractivity contribution >= 4 is 17.3 Å². The molecule has 0 aliphatic carbocycles. The van der Waals surface area contributed by atoms with Crippen LogP contribution in [0.5, 0.6) is 0 Å². The summed E-state index contributed by atoms with van der Waals surface area (Å²) >= 11 is 0. The molecule has 2 heterocycles. The van der Waals surface area contributed by atoms with Crippen LogP contribution >= 0.6 is 0 Å². The van der Waals surface area contributed by atoms with Crippen molar-refractivity contribution in [2.24, 2.45) is 0 Å². The maximum Gasteiger partial charge on any atom is 0.271 e. The van der Waals surface area contributed by atoms with Crippen molar-refractivity contribution in [3.05, 3.63) is 95.6 Å². The summed E-state index contributed by atoms with van der Waals surface area (Å²) in [6.45, 7) is 0.663. The second-order valence-corrected chi connectivity index (χ2v) is 7.47. The smallest absolute Gasteiger partial charge is 0.271 e. The Bertz CT molecular complexity index is 1050. The van der Waals surface area contributed by atoms with Crippen LogP contribution in [0.1, 0.15) is 22.7 Å². The largest absolute Gasteiger partial charge is 0.360 e. The van der Waals surface area contributed by atoms with Crippen molar-refractivity contribution in [1.29, 1.82) is 0 Å². The van der Waals surface area contributed by atoms with Gasteiger partial charge in [0.05, 0.1) is 5.69 Å². The molecule has 0 fully saturated rings. The van der Waals surface area contributed by atoms with Crippen LogP contribution in [-0.2, 0) is 16.9 Å². The molecule has 0 spiro atoms. The number of rotatable bonds is 2. The lowest BCUT2D eigenvalue weighted by Crippen LogP contribution is -2.50. The Kier molecular flexibility index (Phi) is 3.76. The fraction of sp³-hybridized carbons (Fsp3) is 0.208. The first kappa shape index (κ1) is 17.0. The zero-order valence-corrected chi connectivity index (χ0v) is 15.7. The molecule has 3 aromatic carbocycles. The molecule has 5 rings (SSSR count). The average Bonchev–Trinajstić information content (AvgIpc) is 2.96. The molecule has 2 atom stereocenters. The number of benzene rings is 3. The molecule has 0 bridgehead atoms. The molecule has 3 aromatic rings. The van der Waals surface area contributed by atoms with E-state index in [9.17, 15) is 4.79 Å². The average molecular weight is 372 g/mol. The maximum atomic E-state index is 17.0. The van der Waals surface area contributed by atoms with Crippen LogP contribution in [-0.4, -0.2) is 19.5 Å². The third kappa shape index (κ3) is 2.24. The topological polar surface area (TPSA) is 23.6 Å². The van der Waals surface area contributed by atoms with E-state index in [1.54, 1.807) is 19.2 Å². The molecule has 3 nitrogen and oxygen atoms in total. The number of carbonyl (C=O) groups excluding carboxylic acids is 1. The van der Waals surface area contributed by atoms with E-state index in [4.69, 9.17) is 0 Å². The number of hydrogen-bond acceptors (Lipinski definition) is 2. The van der Waals surface area contributed by atoms with Crippen LogP contribution < -0.4 is 9.80 Å². The van der Waals surface area contributed by atoms with Gasteiger partial charge in [0.1, 0.15) is 6.04 Å². The first-order valence-electron chi connectivity index (χ1n) is 9.58. The number of para-hydroxylation sites is 2. The zero-order valence-electron chi connectivity index (χ0n) is 15.7. The Morgan fingerprint density at radius 2 is 1.61 bits per heavy atom. The van der Waals surface area contributed by atoms with Crippen molar-refractivity contribution in [2.45, 2.75) is 18.1 Å². The quantitative estimate of drug-likeness (QED) is 0.655. The van der Waals surface area contributed by atoms with Gasteiger partial charge >= 0.3 is 0 Å². The monoisotopic (exact) mass is 372 g/mol. The second-order valence-electron chi connectivity index (χ2n) is 7.47. The summed E-state index contributed by atoms with van der Waals surface area (Å²) in [7, 11) is 1.66. The van der Waals surface area contributed by atoms with Gasteiger partial charge in [0.25, 0.3) is 5.91 Å². The molecule has 28 heavy (non-hydrogen) atoms. The van der Waals surface area contributed by atoms with Gasteiger partial charge in [0.15, 0.2) is 0 Å². The highest BCUT2D eigenvalue weighted by Crippen LogP contribution is 2.54. The number of nitrogens with zero attached hydrogens (tertiary/aromatic N) is 2. The van der Waals surface area contributed by atoms with Crippen LogP contribution in [0.15, 0.2) is 78.9 Å². The van der Waals surface area contributed by atoms with E-state index in [2.05, 4.69) is 4.90 Å². The maximum absolute atomic E-state index is 17.0. The van der Waals surface area contributed by atoms with Gasteiger partial charge in [-0.05, 0) is 35.7 Å².